The SMILES string of the molecule is COC(=O)c1ccoc1COC(=O)CCc1ncc(-c2ccc(C)cc2)o1. The van der Waals surface area contributed by atoms with Crippen molar-refractivity contribution in [2.45, 2.75) is 26.4 Å². The van der Waals surface area contributed by atoms with Crippen LogP contribution in [0.15, 0.2) is 51.6 Å². The number of rotatable bonds is 7. The van der Waals surface area contributed by atoms with Gasteiger partial charge in [-0.25, -0.2) is 9.78 Å². The van der Waals surface area contributed by atoms with Crippen LogP contribution in [0.4, 0.5) is 0 Å². The Balaban J connectivity index is 1.51. The molecule has 2 aromatic heterocycles. The number of carbonyl (C=O) groups excluding carboxylic acids is 2. The highest BCUT2D eigenvalue weighted by Gasteiger charge is 2.17. The topological polar surface area (TPSA) is 91.8 Å². The fourth-order valence-corrected chi connectivity index (χ4v) is 2.45. The second-order valence-electron chi connectivity index (χ2n) is 5.89. The van der Waals surface area contributed by atoms with Crippen LogP contribution in [0.1, 0.15) is 34.0 Å². The number of benzene rings is 1. The lowest BCUT2D eigenvalue weighted by Crippen LogP contribution is -2.09. The van der Waals surface area contributed by atoms with E-state index in [0.29, 0.717) is 18.1 Å². The van der Waals surface area contributed by atoms with Crippen molar-refractivity contribution in [3.63, 3.8) is 0 Å². The van der Waals surface area contributed by atoms with Crippen molar-refractivity contribution >= 4 is 11.9 Å². The van der Waals surface area contributed by atoms with Gasteiger partial charge in [-0.05, 0) is 13.0 Å². The molecule has 0 bridgehead atoms. The second-order valence-corrected chi connectivity index (χ2v) is 5.89. The second kappa shape index (κ2) is 8.35. The highest BCUT2D eigenvalue weighted by atomic mass is 16.5. The average Bonchev–Trinajstić information content (AvgIpc) is 3.34. The van der Waals surface area contributed by atoms with Crippen molar-refractivity contribution < 1.29 is 27.9 Å². The Labute approximate surface area is 155 Å². The summed E-state index contributed by atoms with van der Waals surface area (Å²) in [7, 11) is 1.27. The normalized spacial score (nSPS) is 10.6. The Hall–Kier alpha value is -3.35. The molecule has 0 unspecified atom stereocenters. The molecule has 7 heteroatoms. The molecule has 1 aromatic carbocycles. The molecule has 0 saturated heterocycles. The Kier molecular flexibility index (Phi) is 5.71. The van der Waals surface area contributed by atoms with Gasteiger partial charge in [-0.3, -0.25) is 4.79 Å². The zero-order chi connectivity index (χ0) is 19.2. The molecule has 0 saturated carbocycles. The van der Waals surface area contributed by atoms with Crippen LogP contribution < -0.4 is 0 Å². The molecule has 0 fully saturated rings. The molecule has 0 aliphatic rings. The number of aryl methyl sites for hydroxylation is 2. The van der Waals surface area contributed by atoms with Crippen LogP contribution in [-0.4, -0.2) is 24.0 Å². The summed E-state index contributed by atoms with van der Waals surface area (Å²) in [6.07, 6.45) is 3.39. The van der Waals surface area contributed by atoms with E-state index >= 15 is 0 Å². The zero-order valence-electron chi connectivity index (χ0n) is 15.1. The minimum atomic E-state index is -0.543. The van der Waals surface area contributed by atoms with Gasteiger partial charge in [0.05, 0.1) is 26.0 Å². The largest absolute Gasteiger partial charge is 0.465 e. The maximum Gasteiger partial charge on any atom is 0.341 e. The monoisotopic (exact) mass is 369 g/mol. The molecule has 0 spiro atoms. The van der Waals surface area contributed by atoms with Gasteiger partial charge in [-0.2, -0.15) is 0 Å². The molecular weight excluding hydrogens is 350 g/mol. The Morgan fingerprint density at radius 2 is 1.93 bits per heavy atom. The van der Waals surface area contributed by atoms with Gasteiger partial charge in [0.15, 0.2) is 17.4 Å². The number of methoxy groups -OCH3 is 1. The van der Waals surface area contributed by atoms with E-state index in [1.165, 1.54) is 19.4 Å². The molecule has 0 aliphatic carbocycles. The van der Waals surface area contributed by atoms with E-state index in [4.69, 9.17) is 13.6 Å². The molecule has 27 heavy (non-hydrogen) atoms. The lowest BCUT2D eigenvalue weighted by molar-refractivity contribution is -0.145. The van der Waals surface area contributed by atoms with Crippen molar-refractivity contribution in [1.82, 2.24) is 4.98 Å². The smallest absolute Gasteiger partial charge is 0.341 e. The van der Waals surface area contributed by atoms with E-state index in [0.717, 1.165) is 11.1 Å². The maximum atomic E-state index is 11.9. The van der Waals surface area contributed by atoms with Crippen LogP contribution in [0, 0.1) is 6.92 Å². The predicted octanol–water partition coefficient (Wildman–Crippen LogP) is 3.71. The van der Waals surface area contributed by atoms with Gasteiger partial charge in [0, 0.05) is 12.0 Å². The van der Waals surface area contributed by atoms with Crippen LogP contribution in [0.5, 0.6) is 0 Å². The summed E-state index contributed by atoms with van der Waals surface area (Å²) in [5.74, 6) is 0.357. The molecule has 0 N–H and O–H groups in total. The van der Waals surface area contributed by atoms with Gasteiger partial charge in [-0.15, -0.1) is 0 Å². The lowest BCUT2D eigenvalue weighted by Gasteiger charge is -2.03. The molecule has 0 atom stereocenters. The molecule has 0 radical (unpaired) electrons. The van der Waals surface area contributed by atoms with Gasteiger partial charge in [-0.1, -0.05) is 29.8 Å². The third kappa shape index (κ3) is 4.63. The number of hydrogen-bond donors (Lipinski definition) is 0. The van der Waals surface area contributed by atoms with Gasteiger partial charge < -0.3 is 18.3 Å². The minimum absolute atomic E-state index is 0.0993. The summed E-state index contributed by atoms with van der Waals surface area (Å²) < 4.78 is 20.6. The van der Waals surface area contributed by atoms with Crippen LogP contribution in [0.3, 0.4) is 0 Å². The van der Waals surface area contributed by atoms with Crippen molar-refractivity contribution in [1.29, 1.82) is 0 Å². The van der Waals surface area contributed by atoms with Crippen LogP contribution in [0.2, 0.25) is 0 Å². The summed E-state index contributed by atoms with van der Waals surface area (Å²) in [5, 5.41) is 0. The standard InChI is InChI=1S/C20H19NO6/c1-13-3-5-14(6-4-13)16-11-21-18(27-16)7-8-19(22)26-12-17-15(9-10-25-17)20(23)24-2/h3-6,9-11H,7-8,12H2,1-2H3. The number of esters is 2. The summed E-state index contributed by atoms with van der Waals surface area (Å²) in [6, 6.07) is 9.36. The highest BCUT2D eigenvalue weighted by Crippen LogP contribution is 2.21. The van der Waals surface area contributed by atoms with Crippen molar-refractivity contribution in [2.24, 2.45) is 0 Å². The number of nitrogens with zero attached hydrogens (tertiary/aromatic N) is 1. The Bertz CT molecular complexity index is 922. The first-order chi connectivity index (χ1) is 13.1. The molecule has 3 rings (SSSR count). The van der Waals surface area contributed by atoms with E-state index in [1.54, 1.807) is 6.20 Å². The van der Waals surface area contributed by atoms with Gasteiger partial charge >= 0.3 is 11.9 Å². The van der Waals surface area contributed by atoms with Crippen molar-refractivity contribution in [3.8, 4) is 11.3 Å². The molecule has 0 aliphatic heterocycles. The lowest BCUT2D eigenvalue weighted by atomic mass is 10.1. The van der Waals surface area contributed by atoms with Crippen LogP contribution >= 0.6 is 0 Å². The first kappa shape index (κ1) is 18.4. The highest BCUT2D eigenvalue weighted by molar-refractivity contribution is 5.90. The Morgan fingerprint density at radius 3 is 2.67 bits per heavy atom. The molecule has 0 amide bonds. The van der Waals surface area contributed by atoms with Gasteiger partial charge in [0.1, 0.15) is 12.2 Å². The summed E-state index contributed by atoms with van der Waals surface area (Å²) in [6.45, 7) is 1.87. The molecular formula is C20H19NO6. The molecule has 140 valence electrons. The molecule has 7 nitrogen and oxygen atoms in total. The number of ether oxygens (including phenoxy) is 2. The minimum Gasteiger partial charge on any atom is -0.465 e. The molecule has 2 heterocycles. The van der Waals surface area contributed by atoms with Gasteiger partial charge in [0.25, 0.3) is 0 Å². The third-order valence-corrected chi connectivity index (χ3v) is 3.95. The predicted molar refractivity (Wildman–Crippen MR) is 94.8 cm³/mol. The van der Waals surface area contributed by atoms with E-state index in [-0.39, 0.29) is 24.4 Å². The maximum absolute atomic E-state index is 11.9. The van der Waals surface area contributed by atoms with Crippen LogP contribution in [-0.2, 0) is 27.3 Å². The fraction of sp³-hybridized carbons (Fsp3) is 0.250. The number of oxazole rings is 1. The quantitative estimate of drug-likeness (QED) is 0.586. The zero-order valence-corrected chi connectivity index (χ0v) is 15.1. The fourth-order valence-electron chi connectivity index (χ4n) is 2.45. The van der Waals surface area contributed by atoms with Gasteiger partial charge in [0.2, 0.25) is 0 Å². The third-order valence-electron chi connectivity index (χ3n) is 3.95. The van der Waals surface area contributed by atoms with E-state index in [1.807, 2.05) is 31.2 Å². The van der Waals surface area contributed by atoms with E-state index in [2.05, 4.69) is 9.72 Å². The van der Waals surface area contributed by atoms with Crippen LogP contribution in [0.25, 0.3) is 11.3 Å². The van der Waals surface area contributed by atoms with E-state index in [9.17, 15) is 9.59 Å². The number of aromatic nitrogens is 1. The summed E-state index contributed by atoms with van der Waals surface area (Å²) >= 11 is 0. The molecule has 3 aromatic rings. The first-order valence-corrected chi connectivity index (χ1v) is 8.39. The summed E-state index contributed by atoms with van der Waals surface area (Å²) in [5.41, 5.74) is 2.32. The number of furan rings is 1. The average molecular weight is 369 g/mol. The Morgan fingerprint density at radius 1 is 1.15 bits per heavy atom. The first-order valence-electron chi connectivity index (χ1n) is 8.39. The van der Waals surface area contributed by atoms with Crippen molar-refractivity contribution in [2.75, 3.05) is 7.11 Å². The number of hydrogen-bond acceptors (Lipinski definition) is 7. The summed E-state index contributed by atoms with van der Waals surface area (Å²) in [4.78, 5) is 27.7. The van der Waals surface area contributed by atoms with E-state index < -0.39 is 11.9 Å². The van der Waals surface area contributed by atoms with Crippen molar-refractivity contribution in [3.05, 3.63) is 65.6 Å². The number of carbonyl (C=O) groups is 2.